The molecule has 0 aromatic heterocycles. The summed E-state index contributed by atoms with van der Waals surface area (Å²) in [6.07, 6.45) is 3.31. The van der Waals surface area contributed by atoms with E-state index in [4.69, 9.17) is 0 Å². The van der Waals surface area contributed by atoms with E-state index in [9.17, 15) is 4.79 Å². The van der Waals surface area contributed by atoms with Crippen molar-refractivity contribution in [1.29, 1.82) is 0 Å². The summed E-state index contributed by atoms with van der Waals surface area (Å²) in [5.74, 6) is 0.148. The van der Waals surface area contributed by atoms with Gasteiger partial charge in [-0.1, -0.05) is 6.42 Å². The Balaban J connectivity index is 2.34. The Labute approximate surface area is 98.8 Å². The van der Waals surface area contributed by atoms with Gasteiger partial charge in [-0.25, -0.2) is 0 Å². The molecular weight excluding hydrogens is 202 g/mol. The van der Waals surface area contributed by atoms with Gasteiger partial charge in [0.05, 0.1) is 6.04 Å². The van der Waals surface area contributed by atoms with Gasteiger partial charge in [0.2, 0.25) is 5.91 Å². The highest BCUT2D eigenvalue weighted by molar-refractivity contribution is 5.81. The maximum absolute atomic E-state index is 11.9. The summed E-state index contributed by atoms with van der Waals surface area (Å²) in [6.45, 7) is 5.91. The third kappa shape index (κ3) is 3.76. The zero-order valence-corrected chi connectivity index (χ0v) is 11.0. The molecule has 0 radical (unpaired) electrons. The molecule has 0 aromatic carbocycles. The second kappa shape index (κ2) is 5.64. The Morgan fingerprint density at radius 3 is 2.62 bits per heavy atom. The van der Waals surface area contributed by atoms with Crippen LogP contribution in [0.4, 0.5) is 0 Å². The summed E-state index contributed by atoms with van der Waals surface area (Å²) in [5, 5.41) is 6.29. The highest BCUT2D eigenvalue weighted by atomic mass is 16.2. The number of rotatable bonds is 4. The molecule has 4 heteroatoms. The number of carbonyl (C=O) groups is 1. The van der Waals surface area contributed by atoms with Gasteiger partial charge in [-0.05, 0) is 47.3 Å². The van der Waals surface area contributed by atoms with Crippen molar-refractivity contribution in [1.82, 2.24) is 15.5 Å². The minimum Gasteiger partial charge on any atom is -0.353 e. The molecule has 0 saturated carbocycles. The molecule has 1 heterocycles. The molecule has 94 valence electrons. The fraction of sp³-hybridized carbons (Fsp3) is 0.917. The summed E-state index contributed by atoms with van der Waals surface area (Å²) in [5.41, 5.74) is 0.00429. The number of piperidine rings is 1. The summed E-state index contributed by atoms with van der Waals surface area (Å²) in [7, 11) is 4.07. The van der Waals surface area contributed by atoms with Crippen LogP contribution >= 0.6 is 0 Å². The molecule has 4 nitrogen and oxygen atoms in total. The fourth-order valence-electron chi connectivity index (χ4n) is 1.66. The zero-order valence-electron chi connectivity index (χ0n) is 11.0. The fourth-order valence-corrected chi connectivity index (χ4v) is 1.66. The van der Waals surface area contributed by atoms with Gasteiger partial charge < -0.3 is 15.5 Å². The van der Waals surface area contributed by atoms with Gasteiger partial charge >= 0.3 is 0 Å². The van der Waals surface area contributed by atoms with Gasteiger partial charge in [-0.2, -0.15) is 0 Å². The van der Waals surface area contributed by atoms with Crippen LogP contribution in [-0.2, 0) is 4.79 Å². The molecule has 1 rings (SSSR count). The van der Waals surface area contributed by atoms with Gasteiger partial charge in [0.25, 0.3) is 0 Å². The first kappa shape index (κ1) is 13.5. The second-order valence-electron chi connectivity index (χ2n) is 5.43. The summed E-state index contributed by atoms with van der Waals surface area (Å²) < 4.78 is 0. The van der Waals surface area contributed by atoms with E-state index in [0.717, 1.165) is 19.4 Å². The number of nitrogens with one attached hydrogen (secondary N) is 2. The van der Waals surface area contributed by atoms with Crippen molar-refractivity contribution < 1.29 is 4.79 Å². The molecule has 1 amide bonds. The molecule has 1 saturated heterocycles. The van der Waals surface area contributed by atoms with Crippen LogP contribution in [0.2, 0.25) is 0 Å². The molecule has 0 bridgehead atoms. The van der Waals surface area contributed by atoms with Crippen molar-refractivity contribution in [2.24, 2.45) is 0 Å². The van der Waals surface area contributed by atoms with Gasteiger partial charge in [-0.15, -0.1) is 0 Å². The van der Waals surface area contributed by atoms with Gasteiger partial charge in [0.1, 0.15) is 0 Å². The van der Waals surface area contributed by atoms with Crippen LogP contribution in [0.5, 0.6) is 0 Å². The van der Waals surface area contributed by atoms with Crippen LogP contribution in [0.25, 0.3) is 0 Å². The largest absolute Gasteiger partial charge is 0.353 e. The Kier molecular flexibility index (Phi) is 4.74. The predicted molar refractivity (Wildman–Crippen MR) is 66.4 cm³/mol. The van der Waals surface area contributed by atoms with Crippen LogP contribution in [0, 0.1) is 0 Å². The van der Waals surface area contributed by atoms with E-state index >= 15 is 0 Å². The Morgan fingerprint density at radius 2 is 2.12 bits per heavy atom. The van der Waals surface area contributed by atoms with Crippen LogP contribution in [0.3, 0.4) is 0 Å². The highest BCUT2D eigenvalue weighted by Gasteiger charge is 2.24. The lowest BCUT2D eigenvalue weighted by molar-refractivity contribution is -0.124. The summed E-state index contributed by atoms with van der Waals surface area (Å²) in [4.78, 5) is 14.0. The van der Waals surface area contributed by atoms with Crippen molar-refractivity contribution >= 4 is 5.91 Å². The lowest BCUT2D eigenvalue weighted by Gasteiger charge is -2.33. The van der Waals surface area contributed by atoms with Crippen LogP contribution in [0.1, 0.15) is 33.1 Å². The van der Waals surface area contributed by atoms with Gasteiger partial charge in [0, 0.05) is 12.1 Å². The van der Waals surface area contributed by atoms with Crippen molar-refractivity contribution in [3.8, 4) is 0 Å². The van der Waals surface area contributed by atoms with E-state index < -0.39 is 0 Å². The zero-order chi connectivity index (χ0) is 12.2. The van der Waals surface area contributed by atoms with Crippen LogP contribution in [-0.4, -0.2) is 49.6 Å². The molecule has 16 heavy (non-hydrogen) atoms. The lowest BCUT2D eigenvalue weighted by atomic mass is 10.0. The Bertz CT molecular complexity index is 232. The smallest absolute Gasteiger partial charge is 0.237 e. The number of hydrogen-bond donors (Lipinski definition) is 2. The monoisotopic (exact) mass is 227 g/mol. The maximum Gasteiger partial charge on any atom is 0.237 e. The Hall–Kier alpha value is -0.610. The molecule has 0 aliphatic carbocycles. The maximum atomic E-state index is 11.9. The van der Waals surface area contributed by atoms with Crippen molar-refractivity contribution in [3.63, 3.8) is 0 Å². The topological polar surface area (TPSA) is 44.4 Å². The molecule has 1 atom stereocenters. The molecule has 1 aliphatic heterocycles. The van der Waals surface area contributed by atoms with Gasteiger partial charge in [0.15, 0.2) is 0 Å². The summed E-state index contributed by atoms with van der Waals surface area (Å²) >= 11 is 0. The van der Waals surface area contributed by atoms with E-state index in [1.165, 1.54) is 6.42 Å². The van der Waals surface area contributed by atoms with E-state index in [1.807, 2.05) is 14.1 Å². The first-order valence-electron chi connectivity index (χ1n) is 6.12. The molecule has 0 aromatic rings. The third-order valence-electron chi connectivity index (χ3n) is 3.53. The molecular formula is C12H25N3O. The molecule has 0 unspecified atom stereocenters. The van der Waals surface area contributed by atoms with Crippen molar-refractivity contribution in [2.75, 3.05) is 27.2 Å². The number of carbonyl (C=O) groups excluding carboxylic acids is 1. The average Bonchev–Trinajstić information content (AvgIpc) is 2.27. The molecule has 0 spiro atoms. The van der Waals surface area contributed by atoms with E-state index in [2.05, 4.69) is 29.4 Å². The third-order valence-corrected chi connectivity index (χ3v) is 3.53. The van der Waals surface area contributed by atoms with E-state index in [0.29, 0.717) is 6.54 Å². The SMILES string of the molecule is CN(C)C(C)(C)CNC(=O)[C@H]1CCCCN1. The standard InChI is InChI=1S/C12H25N3O/c1-12(2,15(3)4)9-14-11(16)10-7-5-6-8-13-10/h10,13H,5-9H2,1-4H3,(H,14,16)/t10-/m1/s1. The van der Waals surface area contributed by atoms with E-state index in [1.54, 1.807) is 0 Å². The first-order valence-corrected chi connectivity index (χ1v) is 6.12. The first-order chi connectivity index (χ1) is 7.43. The molecule has 1 aliphatic rings. The van der Waals surface area contributed by atoms with Crippen molar-refractivity contribution in [3.05, 3.63) is 0 Å². The highest BCUT2D eigenvalue weighted by Crippen LogP contribution is 2.10. The van der Waals surface area contributed by atoms with Crippen LogP contribution < -0.4 is 10.6 Å². The Morgan fingerprint density at radius 1 is 1.44 bits per heavy atom. The van der Waals surface area contributed by atoms with E-state index in [-0.39, 0.29) is 17.5 Å². The van der Waals surface area contributed by atoms with Gasteiger partial charge in [-0.3, -0.25) is 4.79 Å². The predicted octanol–water partition coefficient (Wildman–Crippen LogP) is 0.585. The van der Waals surface area contributed by atoms with Crippen LogP contribution in [0.15, 0.2) is 0 Å². The van der Waals surface area contributed by atoms with Crippen molar-refractivity contribution in [2.45, 2.75) is 44.7 Å². The second-order valence-corrected chi connectivity index (χ2v) is 5.43. The average molecular weight is 227 g/mol. The number of likely N-dealkylation sites (N-methyl/N-ethyl adjacent to an activating group) is 1. The number of amides is 1. The minimum absolute atomic E-state index is 0.00429. The lowest BCUT2D eigenvalue weighted by Crippen LogP contribution is -2.53. The number of nitrogens with zero attached hydrogens (tertiary/aromatic N) is 1. The number of hydrogen-bond acceptors (Lipinski definition) is 3. The minimum atomic E-state index is 0.00429. The molecule has 1 fully saturated rings. The quantitative estimate of drug-likeness (QED) is 0.738. The summed E-state index contributed by atoms with van der Waals surface area (Å²) in [6, 6.07) is 0.0201. The normalized spacial score (nSPS) is 22.2. The molecule has 2 N–H and O–H groups in total.